The standard InChI is InChI=1S/C64H32N2O/c67-64-49-32-28-45-41-24-22-39-43-26-30-47-59-46(61-52(33-11-3-1-4-12-33)36-17-7-8-18-37(36)53(62(47)61)34-13-5-2-6-14-34)29-25-42(57(43)59)38-21-23-40(56(41)55(38)39)44-27-31-48(60(49)58(44)45)63-65-50-19-9-15-35-16-10-20-51(54(35)50)66(63)64/h1-32H. The fourth-order valence-electron chi connectivity index (χ4n) is 13.2. The Hall–Kier alpha value is -8.92. The highest BCUT2D eigenvalue weighted by molar-refractivity contribution is 6.45. The molecule has 304 valence electrons. The van der Waals surface area contributed by atoms with Crippen molar-refractivity contribution < 1.29 is 0 Å². The third kappa shape index (κ3) is 4.00. The summed E-state index contributed by atoms with van der Waals surface area (Å²) in [6.07, 6.45) is 0. The van der Waals surface area contributed by atoms with Crippen LogP contribution in [0.5, 0.6) is 0 Å². The van der Waals surface area contributed by atoms with Crippen LogP contribution in [0.1, 0.15) is 0 Å². The summed E-state index contributed by atoms with van der Waals surface area (Å²) in [5.41, 5.74) is 12.7. The minimum absolute atomic E-state index is 0.0316. The number of rotatable bonds is 2. The summed E-state index contributed by atoms with van der Waals surface area (Å²) in [4.78, 5) is 20.0. The normalized spacial score (nSPS) is 12.8. The highest BCUT2D eigenvalue weighted by Crippen LogP contribution is 2.60. The minimum Gasteiger partial charge on any atom is -0.268 e. The third-order valence-corrected chi connectivity index (χ3v) is 15.7. The van der Waals surface area contributed by atoms with Gasteiger partial charge in [-0.25, -0.2) is 4.98 Å². The molecule has 3 nitrogen and oxygen atoms in total. The van der Waals surface area contributed by atoms with Gasteiger partial charge in [-0.3, -0.25) is 9.20 Å². The molecular weight excluding hydrogens is 813 g/mol. The van der Waals surface area contributed by atoms with Crippen LogP contribution in [0.3, 0.4) is 0 Å². The maximum absolute atomic E-state index is 14.8. The van der Waals surface area contributed by atoms with Crippen LogP contribution in [0.2, 0.25) is 0 Å². The van der Waals surface area contributed by atoms with Gasteiger partial charge >= 0.3 is 0 Å². The van der Waals surface area contributed by atoms with E-state index in [0.717, 1.165) is 54.1 Å². The Kier molecular flexibility index (Phi) is 6.10. The molecule has 1 aliphatic carbocycles. The zero-order valence-corrected chi connectivity index (χ0v) is 35.8. The first kappa shape index (κ1) is 34.5. The van der Waals surface area contributed by atoms with Gasteiger partial charge in [0.25, 0.3) is 5.56 Å². The van der Waals surface area contributed by atoms with Crippen LogP contribution >= 0.6 is 0 Å². The van der Waals surface area contributed by atoms with Crippen molar-refractivity contribution in [1.82, 2.24) is 9.38 Å². The Bertz CT molecular complexity index is 4780. The van der Waals surface area contributed by atoms with Crippen molar-refractivity contribution in [3.8, 4) is 44.5 Å². The Labute approximate surface area is 381 Å². The molecule has 0 amide bonds. The SMILES string of the molecule is O=c1c2ccc3c4ccc5c6ccc7c8c(ccc(c9ccc(c%10ccc(c2c3%10)c2nc3cccc%10cccc(c%103)n12)c4c59)c86)-c1c-7c(-c2ccccc2)c2ccccc2c1-c1ccccc1. The molecule has 0 unspecified atom stereocenters. The molecule has 1 aliphatic rings. The third-order valence-electron chi connectivity index (χ3n) is 15.7. The van der Waals surface area contributed by atoms with E-state index in [9.17, 15) is 4.79 Å². The van der Waals surface area contributed by atoms with Gasteiger partial charge in [-0.1, -0.05) is 170 Å². The smallest absolute Gasteiger partial charge is 0.264 e. The summed E-state index contributed by atoms with van der Waals surface area (Å²) in [5, 5.41) is 23.5. The maximum Gasteiger partial charge on any atom is 0.264 e. The Balaban J connectivity index is 0.994. The van der Waals surface area contributed by atoms with Gasteiger partial charge in [0.15, 0.2) is 0 Å². The molecule has 0 N–H and O–H groups in total. The summed E-state index contributed by atoms with van der Waals surface area (Å²) < 4.78 is 1.84. The Morgan fingerprint density at radius 3 is 1.24 bits per heavy atom. The first-order valence-electron chi connectivity index (χ1n) is 23.2. The van der Waals surface area contributed by atoms with E-state index in [0.29, 0.717) is 5.65 Å². The van der Waals surface area contributed by atoms with Crippen LogP contribution in [0.4, 0.5) is 0 Å². The average Bonchev–Trinajstić information content (AvgIpc) is 3.72. The van der Waals surface area contributed by atoms with Gasteiger partial charge in [-0.15, -0.1) is 0 Å². The number of aromatic nitrogens is 2. The number of nitrogens with zero attached hydrogens (tertiary/aromatic N) is 2. The molecule has 0 saturated heterocycles. The largest absolute Gasteiger partial charge is 0.268 e. The predicted octanol–water partition coefficient (Wildman–Crippen LogP) is 16.7. The summed E-state index contributed by atoms with van der Waals surface area (Å²) in [5.74, 6) is 0. The number of pyridine rings is 1. The first-order valence-corrected chi connectivity index (χ1v) is 23.2. The lowest BCUT2D eigenvalue weighted by Crippen LogP contribution is -2.16. The van der Waals surface area contributed by atoms with E-state index in [1.54, 1.807) is 0 Å². The molecule has 2 heterocycles. The van der Waals surface area contributed by atoms with E-state index in [1.165, 1.54) is 109 Å². The number of hydrogen-bond donors (Lipinski definition) is 0. The lowest BCUT2D eigenvalue weighted by atomic mass is 9.82. The van der Waals surface area contributed by atoms with E-state index in [2.05, 4.69) is 188 Å². The lowest BCUT2D eigenvalue weighted by molar-refractivity contribution is 1.15. The van der Waals surface area contributed by atoms with E-state index in [4.69, 9.17) is 4.98 Å². The van der Waals surface area contributed by atoms with Crippen LogP contribution in [0.25, 0.3) is 169 Å². The molecule has 3 heteroatoms. The average molecular weight is 845 g/mol. The maximum atomic E-state index is 14.8. The first-order chi connectivity index (χ1) is 33.2. The predicted molar refractivity (Wildman–Crippen MR) is 283 cm³/mol. The summed E-state index contributed by atoms with van der Waals surface area (Å²) >= 11 is 0. The van der Waals surface area contributed by atoms with Crippen molar-refractivity contribution in [1.29, 1.82) is 0 Å². The molecule has 0 saturated carbocycles. The van der Waals surface area contributed by atoms with Gasteiger partial charge in [0.1, 0.15) is 5.65 Å². The highest BCUT2D eigenvalue weighted by atomic mass is 16.1. The molecule has 2 aromatic heterocycles. The molecule has 0 fully saturated rings. The minimum atomic E-state index is -0.0316. The molecule has 14 aromatic carbocycles. The van der Waals surface area contributed by atoms with Gasteiger partial charge in [0.2, 0.25) is 0 Å². The lowest BCUT2D eigenvalue weighted by Gasteiger charge is -2.21. The zero-order chi connectivity index (χ0) is 43.4. The molecule has 0 aliphatic heterocycles. The topological polar surface area (TPSA) is 34.4 Å². The molecule has 17 rings (SSSR count). The van der Waals surface area contributed by atoms with Gasteiger partial charge in [0.05, 0.1) is 11.0 Å². The second kappa shape index (κ2) is 11.9. The second-order valence-electron chi connectivity index (χ2n) is 18.7. The van der Waals surface area contributed by atoms with Crippen LogP contribution in [0.15, 0.2) is 199 Å². The summed E-state index contributed by atoms with van der Waals surface area (Å²) in [7, 11) is 0. The number of benzene rings is 14. The highest BCUT2D eigenvalue weighted by Gasteiger charge is 2.32. The van der Waals surface area contributed by atoms with Crippen LogP contribution in [-0.2, 0) is 0 Å². The van der Waals surface area contributed by atoms with Crippen LogP contribution < -0.4 is 5.56 Å². The monoisotopic (exact) mass is 844 g/mol. The number of fused-ring (bicyclic) bond motifs is 11. The van der Waals surface area contributed by atoms with Gasteiger partial charge in [-0.05, 0) is 155 Å². The molecule has 67 heavy (non-hydrogen) atoms. The van der Waals surface area contributed by atoms with Crippen LogP contribution in [0, 0.1) is 0 Å². The molecule has 0 bridgehead atoms. The van der Waals surface area contributed by atoms with Crippen molar-refractivity contribution in [2.24, 2.45) is 0 Å². The zero-order valence-electron chi connectivity index (χ0n) is 35.8. The quantitative estimate of drug-likeness (QED) is 0.128. The number of hydrogen-bond acceptors (Lipinski definition) is 2. The molecule has 0 atom stereocenters. The summed E-state index contributed by atoms with van der Waals surface area (Å²) in [6, 6.07) is 71.2. The Morgan fingerprint density at radius 1 is 0.299 bits per heavy atom. The fourth-order valence-corrected chi connectivity index (χ4v) is 13.2. The van der Waals surface area contributed by atoms with E-state index in [1.807, 2.05) is 10.5 Å². The van der Waals surface area contributed by atoms with Crippen molar-refractivity contribution >= 4 is 124 Å². The van der Waals surface area contributed by atoms with E-state index in [-0.39, 0.29) is 5.56 Å². The second-order valence-corrected chi connectivity index (χ2v) is 18.7. The fraction of sp³-hybridized carbons (Fsp3) is 0. The van der Waals surface area contributed by atoms with E-state index < -0.39 is 0 Å². The van der Waals surface area contributed by atoms with Crippen molar-refractivity contribution in [3.05, 3.63) is 204 Å². The molecule has 16 aromatic rings. The van der Waals surface area contributed by atoms with Crippen molar-refractivity contribution in [3.63, 3.8) is 0 Å². The van der Waals surface area contributed by atoms with Gasteiger partial charge in [0, 0.05) is 21.5 Å². The van der Waals surface area contributed by atoms with Crippen molar-refractivity contribution in [2.75, 3.05) is 0 Å². The molecule has 0 spiro atoms. The summed E-state index contributed by atoms with van der Waals surface area (Å²) in [6.45, 7) is 0. The molecular formula is C64H32N2O. The van der Waals surface area contributed by atoms with E-state index >= 15 is 0 Å². The van der Waals surface area contributed by atoms with Crippen molar-refractivity contribution in [2.45, 2.75) is 0 Å². The molecule has 0 radical (unpaired) electrons. The van der Waals surface area contributed by atoms with Gasteiger partial charge < -0.3 is 0 Å². The Morgan fingerprint density at radius 2 is 0.716 bits per heavy atom. The van der Waals surface area contributed by atoms with Crippen LogP contribution in [-0.4, -0.2) is 9.38 Å². The van der Waals surface area contributed by atoms with Gasteiger partial charge in [-0.2, -0.15) is 0 Å².